The minimum atomic E-state index is -0.441. The van der Waals surface area contributed by atoms with Crippen molar-refractivity contribution >= 4 is 11.9 Å². The molecule has 1 aliphatic rings. The smallest absolute Gasteiger partial charge is 0.309 e. The van der Waals surface area contributed by atoms with Crippen LogP contribution >= 0.6 is 0 Å². The zero-order valence-corrected chi connectivity index (χ0v) is 11.8. The molecule has 0 aromatic rings. The third-order valence-electron chi connectivity index (χ3n) is 3.47. The summed E-state index contributed by atoms with van der Waals surface area (Å²) in [6.07, 6.45) is 3.89. The molecule has 0 aromatic heterocycles. The zero-order chi connectivity index (χ0) is 14.8. The van der Waals surface area contributed by atoms with Crippen molar-refractivity contribution in [2.45, 2.75) is 38.5 Å². The van der Waals surface area contributed by atoms with E-state index >= 15 is 0 Å². The molecule has 6 heteroatoms. The monoisotopic (exact) mass is 288 g/mol. The molecule has 6 nitrogen and oxygen atoms in total. The highest BCUT2D eigenvalue weighted by molar-refractivity contribution is 5.82. The van der Waals surface area contributed by atoms with Crippen molar-refractivity contribution in [3.05, 3.63) is 0 Å². The number of esters is 2. The first kappa shape index (κ1) is 16.9. The van der Waals surface area contributed by atoms with Gasteiger partial charge >= 0.3 is 11.9 Å². The summed E-state index contributed by atoms with van der Waals surface area (Å²) in [5.74, 6) is -1.63. The third-order valence-corrected chi connectivity index (χ3v) is 3.47. The molecule has 0 bridgehead atoms. The van der Waals surface area contributed by atoms with E-state index in [1.54, 1.807) is 0 Å². The van der Waals surface area contributed by atoms with Crippen LogP contribution in [0.25, 0.3) is 0 Å². The number of aliphatic hydroxyl groups is 2. The van der Waals surface area contributed by atoms with Crippen molar-refractivity contribution in [2.75, 3.05) is 26.4 Å². The van der Waals surface area contributed by atoms with Crippen molar-refractivity contribution in [1.82, 2.24) is 0 Å². The largest absolute Gasteiger partial charge is 0.465 e. The van der Waals surface area contributed by atoms with Gasteiger partial charge in [0.05, 0.1) is 25.0 Å². The van der Waals surface area contributed by atoms with Gasteiger partial charge in [-0.25, -0.2) is 0 Å². The van der Waals surface area contributed by atoms with E-state index in [4.69, 9.17) is 19.7 Å². The van der Waals surface area contributed by atoms with Crippen LogP contribution in [0.3, 0.4) is 0 Å². The first-order chi connectivity index (χ1) is 9.70. The number of aliphatic hydroxyl groups excluding tert-OH is 2. The number of ether oxygens (including phenoxy) is 2. The minimum Gasteiger partial charge on any atom is -0.465 e. The second-order valence-electron chi connectivity index (χ2n) is 4.99. The molecule has 0 radical (unpaired) electrons. The average molecular weight is 288 g/mol. The lowest BCUT2D eigenvalue weighted by molar-refractivity contribution is -0.163. The second-order valence-corrected chi connectivity index (χ2v) is 4.99. The van der Waals surface area contributed by atoms with Gasteiger partial charge in [0, 0.05) is 26.1 Å². The second kappa shape index (κ2) is 9.72. The van der Waals surface area contributed by atoms with Crippen molar-refractivity contribution in [2.24, 2.45) is 11.8 Å². The Morgan fingerprint density at radius 2 is 1.25 bits per heavy atom. The van der Waals surface area contributed by atoms with Gasteiger partial charge in [-0.3, -0.25) is 9.59 Å². The lowest BCUT2D eigenvalue weighted by Gasteiger charge is -2.28. The summed E-state index contributed by atoms with van der Waals surface area (Å²) in [5.41, 5.74) is 0. The highest BCUT2D eigenvalue weighted by Crippen LogP contribution is 2.32. The summed E-state index contributed by atoms with van der Waals surface area (Å²) in [7, 11) is 0. The maximum atomic E-state index is 12.0. The lowest BCUT2D eigenvalue weighted by Crippen LogP contribution is -2.35. The van der Waals surface area contributed by atoms with Crippen LogP contribution in [0.5, 0.6) is 0 Å². The predicted molar refractivity (Wildman–Crippen MR) is 70.8 cm³/mol. The highest BCUT2D eigenvalue weighted by Gasteiger charge is 2.37. The maximum absolute atomic E-state index is 12.0. The fourth-order valence-electron chi connectivity index (χ4n) is 2.38. The van der Waals surface area contributed by atoms with Crippen LogP contribution in [0.1, 0.15) is 38.5 Å². The highest BCUT2D eigenvalue weighted by atomic mass is 16.5. The number of rotatable bonds is 8. The first-order valence-corrected chi connectivity index (χ1v) is 7.25. The Balaban J connectivity index is 2.48. The van der Waals surface area contributed by atoms with Crippen LogP contribution < -0.4 is 0 Å². The number of carbonyl (C=O) groups excluding carboxylic acids is 2. The summed E-state index contributed by atoms with van der Waals surface area (Å²) in [6, 6.07) is 0. The van der Waals surface area contributed by atoms with E-state index in [9.17, 15) is 9.59 Å². The van der Waals surface area contributed by atoms with E-state index in [0.717, 1.165) is 12.8 Å². The van der Waals surface area contributed by atoms with E-state index in [1.807, 2.05) is 0 Å². The molecule has 2 unspecified atom stereocenters. The molecule has 2 atom stereocenters. The molecule has 1 saturated carbocycles. The standard InChI is InChI=1S/C14H24O6/c15-7-3-9-19-13(17)11-5-1-2-6-12(11)14(18)20-10-4-8-16/h11-12,15-16H,1-10H2. The average Bonchev–Trinajstić information content (AvgIpc) is 2.47. The summed E-state index contributed by atoms with van der Waals surface area (Å²) in [5, 5.41) is 17.3. The van der Waals surface area contributed by atoms with E-state index in [2.05, 4.69) is 0 Å². The molecule has 20 heavy (non-hydrogen) atoms. The van der Waals surface area contributed by atoms with Crippen LogP contribution in [-0.4, -0.2) is 48.6 Å². The molecular weight excluding hydrogens is 264 g/mol. The van der Waals surface area contributed by atoms with Gasteiger partial charge in [-0.05, 0) is 12.8 Å². The van der Waals surface area contributed by atoms with Crippen LogP contribution in [0.4, 0.5) is 0 Å². The molecule has 0 saturated heterocycles. The molecular formula is C14H24O6. The van der Waals surface area contributed by atoms with E-state index < -0.39 is 11.8 Å². The van der Waals surface area contributed by atoms with Crippen LogP contribution in [0.2, 0.25) is 0 Å². The van der Waals surface area contributed by atoms with Crippen molar-refractivity contribution in [1.29, 1.82) is 0 Å². The molecule has 0 amide bonds. The Hall–Kier alpha value is -1.14. The van der Waals surface area contributed by atoms with E-state index in [1.165, 1.54) is 0 Å². The van der Waals surface area contributed by atoms with Crippen molar-refractivity contribution in [3.8, 4) is 0 Å². The molecule has 116 valence electrons. The molecule has 0 aromatic carbocycles. The molecule has 2 N–H and O–H groups in total. The molecule has 0 heterocycles. The van der Waals surface area contributed by atoms with Crippen molar-refractivity contribution < 1.29 is 29.3 Å². The summed E-state index contributed by atoms with van der Waals surface area (Å²) < 4.78 is 10.2. The Labute approximate surface area is 119 Å². The minimum absolute atomic E-state index is 0.0232. The molecule has 1 aliphatic carbocycles. The van der Waals surface area contributed by atoms with Gasteiger partial charge in [0.2, 0.25) is 0 Å². The van der Waals surface area contributed by atoms with Gasteiger partial charge < -0.3 is 19.7 Å². The predicted octanol–water partition coefficient (Wildman–Crippen LogP) is 0.644. The fourth-order valence-corrected chi connectivity index (χ4v) is 2.38. The topological polar surface area (TPSA) is 93.1 Å². The van der Waals surface area contributed by atoms with E-state index in [0.29, 0.717) is 25.7 Å². The summed E-state index contributed by atoms with van der Waals surface area (Å²) in [4.78, 5) is 23.9. The van der Waals surface area contributed by atoms with Crippen LogP contribution in [0, 0.1) is 11.8 Å². The molecule has 1 rings (SSSR count). The normalized spacial score (nSPS) is 22.3. The lowest BCUT2D eigenvalue weighted by atomic mass is 9.79. The Morgan fingerprint density at radius 3 is 1.60 bits per heavy atom. The van der Waals surface area contributed by atoms with Gasteiger partial charge in [0.1, 0.15) is 0 Å². The summed E-state index contributed by atoms with van der Waals surface area (Å²) >= 11 is 0. The van der Waals surface area contributed by atoms with Gasteiger partial charge in [-0.15, -0.1) is 0 Å². The first-order valence-electron chi connectivity index (χ1n) is 7.25. The number of hydrogen-bond acceptors (Lipinski definition) is 6. The van der Waals surface area contributed by atoms with Crippen LogP contribution in [-0.2, 0) is 19.1 Å². The van der Waals surface area contributed by atoms with Gasteiger partial charge in [-0.2, -0.15) is 0 Å². The Morgan fingerprint density at radius 1 is 0.850 bits per heavy atom. The van der Waals surface area contributed by atoms with Gasteiger partial charge in [0.25, 0.3) is 0 Å². The van der Waals surface area contributed by atoms with Gasteiger partial charge in [0.15, 0.2) is 0 Å². The maximum Gasteiger partial charge on any atom is 0.309 e. The Kier molecular flexibility index (Phi) is 8.22. The van der Waals surface area contributed by atoms with Gasteiger partial charge in [-0.1, -0.05) is 12.8 Å². The van der Waals surface area contributed by atoms with E-state index in [-0.39, 0.29) is 38.4 Å². The van der Waals surface area contributed by atoms with Crippen molar-refractivity contribution in [3.63, 3.8) is 0 Å². The molecule has 1 fully saturated rings. The quantitative estimate of drug-likeness (QED) is 0.503. The summed E-state index contributed by atoms with van der Waals surface area (Å²) in [6.45, 7) is 0.311. The number of hydrogen-bond donors (Lipinski definition) is 2. The fraction of sp³-hybridized carbons (Fsp3) is 0.857. The number of carbonyl (C=O) groups is 2. The zero-order valence-electron chi connectivity index (χ0n) is 11.8. The Bertz CT molecular complexity index is 274. The molecule has 0 spiro atoms. The molecule has 0 aliphatic heterocycles. The van der Waals surface area contributed by atoms with Crippen LogP contribution in [0.15, 0.2) is 0 Å². The third kappa shape index (κ3) is 5.46. The SMILES string of the molecule is O=C(OCCCO)C1CCCCC1C(=O)OCCCO.